The molecule has 1 fully saturated rings. The van der Waals surface area contributed by atoms with Crippen LogP contribution in [0.5, 0.6) is 0 Å². The Morgan fingerprint density at radius 2 is 2.24 bits per heavy atom. The Labute approximate surface area is 128 Å². The Balaban J connectivity index is 2.17. The van der Waals surface area contributed by atoms with Gasteiger partial charge in [-0.25, -0.2) is 0 Å². The summed E-state index contributed by atoms with van der Waals surface area (Å²) in [6.45, 7) is 9.80. The maximum absolute atomic E-state index is 6.20. The normalized spacial score (nSPS) is 26.2. The monoisotopic (exact) mass is 291 g/mol. The highest BCUT2D eigenvalue weighted by molar-refractivity contribution is 5.11. The van der Waals surface area contributed by atoms with Crippen molar-refractivity contribution in [2.75, 3.05) is 19.7 Å². The molecule has 0 amide bonds. The third-order valence-electron chi connectivity index (χ3n) is 4.72. The van der Waals surface area contributed by atoms with Crippen LogP contribution in [0.3, 0.4) is 0 Å². The summed E-state index contributed by atoms with van der Waals surface area (Å²) in [6.07, 6.45) is 3.43. The van der Waals surface area contributed by atoms with Gasteiger partial charge in [-0.3, -0.25) is 9.88 Å². The second-order valence-corrected chi connectivity index (χ2v) is 6.07. The summed E-state index contributed by atoms with van der Waals surface area (Å²) in [7, 11) is 0. The number of nitrogens with two attached hydrogens (primary N) is 1. The standard InChI is InChI=1S/C17H29N3O/c1-4-16-11-17(13-18,9-10-21-16)20(5-2)12-15-8-6-7-14(3)19-15/h6-8,16H,4-5,9-13,18H2,1-3H3. The number of ether oxygens (including phenoxy) is 1. The van der Waals surface area contributed by atoms with Crippen molar-refractivity contribution in [2.24, 2.45) is 5.73 Å². The second kappa shape index (κ2) is 7.34. The first kappa shape index (κ1) is 16.4. The first-order chi connectivity index (χ1) is 10.1. The molecule has 1 saturated heterocycles. The van der Waals surface area contributed by atoms with Crippen molar-refractivity contribution in [3.05, 3.63) is 29.6 Å². The molecule has 2 rings (SSSR count). The number of rotatable bonds is 6. The fourth-order valence-corrected chi connectivity index (χ4v) is 3.36. The average molecular weight is 291 g/mol. The zero-order valence-electron chi connectivity index (χ0n) is 13.6. The SMILES string of the molecule is CCC1CC(CN)(N(CC)Cc2cccc(C)n2)CCO1. The Kier molecular flexibility index (Phi) is 5.73. The molecule has 2 heterocycles. The van der Waals surface area contributed by atoms with Gasteiger partial charge in [-0.2, -0.15) is 0 Å². The molecular weight excluding hydrogens is 262 g/mol. The lowest BCUT2D eigenvalue weighted by Gasteiger charge is -2.47. The molecule has 0 aliphatic carbocycles. The van der Waals surface area contributed by atoms with E-state index in [1.807, 2.05) is 13.0 Å². The molecule has 1 aromatic rings. The minimum atomic E-state index is 0.0547. The van der Waals surface area contributed by atoms with Crippen LogP contribution in [-0.2, 0) is 11.3 Å². The van der Waals surface area contributed by atoms with Crippen LogP contribution in [0, 0.1) is 6.92 Å². The molecule has 21 heavy (non-hydrogen) atoms. The smallest absolute Gasteiger partial charge is 0.0590 e. The van der Waals surface area contributed by atoms with E-state index in [2.05, 4.69) is 35.9 Å². The van der Waals surface area contributed by atoms with Crippen molar-refractivity contribution in [2.45, 2.75) is 58.2 Å². The molecular formula is C17H29N3O. The van der Waals surface area contributed by atoms with Gasteiger partial charge in [0.15, 0.2) is 0 Å². The summed E-state index contributed by atoms with van der Waals surface area (Å²) in [5.41, 5.74) is 8.45. The molecule has 1 aliphatic rings. The third kappa shape index (κ3) is 3.82. The van der Waals surface area contributed by atoms with Crippen LogP contribution in [0.15, 0.2) is 18.2 Å². The van der Waals surface area contributed by atoms with Crippen molar-refractivity contribution < 1.29 is 4.74 Å². The fraction of sp³-hybridized carbons (Fsp3) is 0.706. The highest BCUT2D eigenvalue weighted by Crippen LogP contribution is 2.32. The van der Waals surface area contributed by atoms with E-state index in [0.29, 0.717) is 12.6 Å². The number of aryl methyl sites for hydroxylation is 1. The molecule has 0 bridgehead atoms. The summed E-state index contributed by atoms with van der Waals surface area (Å²) >= 11 is 0. The maximum Gasteiger partial charge on any atom is 0.0590 e. The zero-order chi connectivity index (χ0) is 15.3. The second-order valence-electron chi connectivity index (χ2n) is 6.07. The van der Waals surface area contributed by atoms with E-state index in [-0.39, 0.29) is 5.54 Å². The molecule has 2 unspecified atom stereocenters. The lowest BCUT2D eigenvalue weighted by molar-refractivity contribution is -0.0737. The number of nitrogens with zero attached hydrogens (tertiary/aromatic N) is 2. The van der Waals surface area contributed by atoms with Crippen LogP contribution in [0.25, 0.3) is 0 Å². The Morgan fingerprint density at radius 1 is 1.43 bits per heavy atom. The summed E-state index contributed by atoms with van der Waals surface area (Å²) < 4.78 is 5.85. The molecule has 0 aromatic carbocycles. The van der Waals surface area contributed by atoms with Crippen LogP contribution in [0.1, 0.15) is 44.5 Å². The van der Waals surface area contributed by atoms with E-state index < -0.39 is 0 Å². The molecule has 1 aromatic heterocycles. The predicted molar refractivity (Wildman–Crippen MR) is 86.1 cm³/mol. The van der Waals surface area contributed by atoms with Gasteiger partial charge in [0.05, 0.1) is 11.8 Å². The van der Waals surface area contributed by atoms with Gasteiger partial charge in [0.1, 0.15) is 0 Å². The number of hydrogen-bond donors (Lipinski definition) is 1. The zero-order valence-corrected chi connectivity index (χ0v) is 13.6. The largest absolute Gasteiger partial charge is 0.378 e. The first-order valence-corrected chi connectivity index (χ1v) is 8.12. The van der Waals surface area contributed by atoms with Crippen LogP contribution < -0.4 is 5.73 Å². The molecule has 1 aliphatic heterocycles. The van der Waals surface area contributed by atoms with Crippen molar-refractivity contribution in [3.63, 3.8) is 0 Å². The molecule has 118 valence electrons. The number of pyridine rings is 1. The lowest BCUT2D eigenvalue weighted by Crippen LogP contribution is -2.58. The van der Waals surface area contributed by atoms with E-state index in [1.54, 1.807) is 0 Å². The quantitative estimate of drug-likeness (QED) is 0.875. The van der Waals surface area contributed by atoms with Crippen LogP contribution >= 0.6 is 0 Å². The third-order valence-corrected chi connectivity index (χ3v) is 4.72. The van der Waals surface area contributed by atoms with Gasteiger partial charge < -0.3 is 10.5 Å². The average Bonchev–Trinajstić information content (AvgIpc) is 2.52. The van der Waals surface area contributed by atoms with Gasteiger partial charge >= 0.3 is 0 Å². The lowest BCUT2D eigenvalue weighted by atomic mass is 9.83. The maximum atomic E-state index is 6.20. The van der Waals surface area contributed by atoms with E-state index in [9.17, 15) is 0 Å². The van der Waals surface area contributed by atoms with Gasteiger partial charge in [0.25, 0.3) is 0 Å². The van der Waals surface area contributed by atoms with Crippen molar-refractivity contribution in [3.8, 4) is 0 Å². The van der Waals surface area contributed by atoms with E-state index in [1.165, 1.54) is 0 Å². The highest BCUT2D eigenvalue weighted by Gasteiger charge is 2.39. The van der Waals surface area contributed by atoms with Crippen molar-refractivity contribution >= 4 is 0 Å². The highest BCUT2D eigenvalue weighted by atomic mass is 16.5. The first-order valence-electron chi connectivity index (χ1n) is 8.12. The number of aromatic nitrogens is 1. The Morgan fingerprint density at radius 3 is 2.86 bits per heavy atom. The minimum Gasteiger partial charge on any atom is -0.378 e. The Hall–Kier alpha value is -0.970. The van der Waals surface area contributed by atoms with E-state index >= 15 is 0 Å². The van der Waals surface area contributed by atoms with Crippen molar-refractivity contribution in [1.82, 2.24) is 9.88 Å². The van der Waals surface area contributed by atoms with E-state index in [4.69, 9.17) is 10.5 Å². The van der Waals surface area contributed by atoms with Gasteiger partial charge in [-0.1, -0.05) is 19.9 Å². The van der Waals surface area contributed by atoms with Gasteiger partial charge in [-0.05, 0) is 44.9 Å². The van der Waals surface area contributed by atoms with Crippen LogP contribution in [0.4, 0.5) is 0 Å². The van der Waals surface area contributed by atoms with Crippen molar-refractivity contribution in [1.29, 1.82) is 0 Å². The van der Waals surface area contributed by atoms with Gasteiger partial charge in [0.2, 0.25) is 0 Å². The molecule has 4 nitrogen and oxygen atoms in total. The topological polar surface area (TPSA) is 51.4 Å². The number of likely N-dealkylation sites (N-methyl/N-ethyl adjacent to an activating group) is 1. The molecule has 2 atom stereocenters. The fourth-order valence-electron chi connectivity index (χ4n) is 3.36. The predicted octanol–water partition coefficient (Wildman–Crippen LogP) is 2.50. The number of hydrogen-bond acceptors (Lipinski definition) is 4. The molecule has 0 saturated carbocycles. The van der Waals surface area contributed by atoms with Crippen LogP contribution in [0.2, 0.25) is 0 Å². The summed E-state index contributed by atoms with van der Waals surface area (Å²) in [4.78, 5) is 7.15. The van der Waals surface area contributed by atoms with Gasteiger partial charge in [-0.15, -0.1) is 0 Å². The molecule has 0 spiro atoms. The van der Waals surface area contributed by atoms with Crippen LogP contribution in [-0.4, -0.2) is 41.2 Å². The summed E-state index contributed by atoms with van der Waals surface area (Å²) in [5.74, 6) is 0. The Bertz CT molecular complexity index is 451. The van der Waals surface area contributed by atoms with E-state index in [0.717, 1.165) is 50.3 Å². The minimum absolute atomic E-state index is 0.0547. The van der Waals surface area contributed by atoms with Gasteiger partial charge in [0, 0.05) is 30.9 Å². The molecule has 0 radical (unpaired) electrons. The summed E-state index contributed by atoms with van der Waals surface area (Å²) in [6, 6.07) is 6.23. The molecule has 2 N–H and O–H groups in total. The summed E-state index contributed by atoms with van der Waals surface area (Å²) in [5, 5.41) is 0. The molecule has 4 heteroatoms.